The lowest BCUT2D eigenvalue weighted by Crippen LogP contribution is -2.54. The quantitative estimate of drug-likeness (QED) is 0.822. The Morgan fingerprint density at radius 1 is 1.17 bits per heavy atom. The van der Waals surface area contributed by atoms with Gasteiger partial charge in [0, 0.05) is 12.1 Å². The highest BCUT2D eigenvalue weighted by atomic mass is 16.4. The Morgan fingerprint density at radius 2 is 1.89 bits per heavy atom. The van der Waals surface area contributed by atoms with E-state index in [1.165, 1.54) is 12.8 Å². The fourth-order valence-corrected chi connectivity index (χ4v) is 3.84. The van der Waals surface area contributed by atoms with Gasteiger partial charge in [-0.2, -0.15) is 0 Å². The molecule has 1 saturated heterocycles. The Hall–Kier alpha value is -0.570. The largest absolute Gasteiger partial charge is 0.481 e. The van der Waals surface area contributed by atoms with Gasteiger partial charge in [0.15, 0.2) is 0 Å². The van der Waals surface area contributed by atoms with Gasteiger partial charge in [-0.3, -0.25) is 9.69 Å². The van der Waals surface area contributed by atoms with Gasteiger partial charge in [-0.1, -0.05) is 13.8 Å². The Labute approximate surface area is 111 Å². The van der Waals surface area contributed by atoms with Gasteiger partial charge in [0.1, 0.15) is 0 Å². The molecule has 2 rings (SSSR count). The molecule has 0 radical (unpaired) electrons. The number of carbonyl (C=O) groups is 1. The summed E-state index contributed by atoms with van der Waals surface area (Å²) < 4.78 is 0. The molecule has 1 aliphatic carbocycles. The Morgan fingerprint density at radius 3 is 2.56 bits per heavy atom. The van der Waals surface area contributed by atoms with Crippen LogP contribution in [0.3, 0.4) is 0 Å². The zero-order valence-corrected chi connectivity index (χ0v) is 11.9. The molecule has 5 unspecified atom stereocenters. The van der Waals surface area contributed by atoms with E-state index in [0.29, 0.717) is 17.9 Å². The maximum absolute atomic E-state index is 11.5. The van der Waals surface area contributed by atoms with Crippen molar-refractivity contribution < 1.29 is 9.90 Å². The molecule has 2 fully saturated rings. The third kappa shape index (κ3) is 2.71. The van der Waals surface area contributed by atoms with Gasteiger partial charge >= 0.3 is 5.97 Å². The monoisotopic (exact) mass is 253 g/mol. The predicted molar refractivity (Wildman–Crippen MR) is 72.5 cm³/mol. The van der Waals surface area contributed by atoms with Crippen LogP contribution in [0, 0.1) is 17.8 Å². The van der Waals surface area contributed by atoms with Crippen LogP contribution in [-0.2, 0) is 4.79 Å². The van der Waals surface area contributed by atoms with Crippen molar-refractivity contribution in [2.75, 3.05) is 6.54 Å². The minimum absolute atomic E-state index is 0.144. The average molecular weight is 253 g/mol. The van der Waals surface area contributed by atoms with Gasteiger partial charge < -0.3 is 5.11 Å². The Kier molecular flexibility index (Phi) is 4.31. The lowest BCUT2D eigenvalue weighted by atomic mass is 9.76. The summed E-state index contributed by atoms with van der Waals surface area (Å²) in [6, 6.07) is 0.805. The predicted octanol–water partition coefficient (Wildman–Crippen LogP) is 3.00. The Bertz CT molecular complexity index is 305. The maximum atomic E-state index is 11.5. The summed E-state index contributed by atoms with van der Waals surface area (Å²) in [5, 5.41) is 9.45. The maximum Gasteiger partial charge on any atom is 0.308 e. The highest BCUT2D eigenvalue weighted by Gasteiger charge is 2.40. The molecule has 5 atom stereocenters. The van der Waals surface area contributed by atoms with Crippen LogP contribution >= 0.6 is 0 Å². The molecular weight excluding hydrogens is 226 g/mol. The molecular formula is C15H27NO2. The topological polar surface area (TPSA) is 40.5 Å². The van der Waals surface area contributed by atoms with Crippen LogP contribution in [0.5, 0.6) is 0 Å². The normalized spacial score (nSPS) is 42.7. The van der Waals surface area contributed by atoms with Crippen LogP contribution in [0.2, 0.25) is 0 Å². The molecule has 1 aliphatic heterocycles. The van der Waals surface area contributed by atoms with Gasteiger partial charge in [-0.15, -0.1) is 0 Å². The van der Waals surface area contributed by atoms with Gasteiger partial charge in [-0.05, 0) is 57.4 Å². The molecule has 0 amide bonds. The standard InChI is InChI=1S/C15H27NO2/c1-10-6-7-13(15(17)18)14(9-10)16-8-4-5-11(2)12(16)3/h10-14H,4-9H2,1-3H3,(H,17,18). The van der Waals surface area contributed by atoms with Crippen LogP contribution in [0.15, 0.2) is 0 Å². The minimum atomic E-state index is -0.586. The molecule has 0 aromatic carbocycles. The number of carboxylic acid groups (broad SMARTS) is 1. The average Bonchev–Trinajstić information content (AvgIpc) is 2.32. The minimum Gasteiger partial charge on any atom is -0.481 e. The van der Waals surface area contributed by atoms with E-state index in [2.05, 4.69) is 25.7 Å². The molecule has 0 aromatic rings. The fourth-order valence-electron chi connectivity index (χ4n) is 3.84. The second kappa shape index (κ2) is 5.60. The molecule has 0 spiro atoms. The lowest BCUT2D eigenvalue weighted by molar-refractivity contribution is -0.147. The van der Waals surface area contributed by atoms with Crippen molar-refractivity contribution in [2.45, 2.75) is 65.0 Å². The molecule has 3 heteroatoms. The van der Waals surface area contributed by atoms with E-state index in [4.69, 9.17) is 0 Å². The summed E-state index contributed by atoms with van der Waals surface area (Å²) in [5.74, 6) is 0.645. The highest BCUT2D eigenvalue weighted by molar-refractivity contribution is 5.71. The number of aliphatic carboxylic acids is 1. The van der Waals surface area contributed by atoms with Crippen LogP contribution in [0.1, 0.15) is 52.9 Å². The second-order valence-corrected chi connectivity index (χ2v) is 6.53. The van der Waals surface area contributed by atoms with E-state index in [9.17, 15) is 9.90 Å². The van der Waals surface area contributed by atoms with Crippen LogP contribution in [-0.4, -0.2) is 34.6 Å². The first-order valence-electron chi connectivity index (χ1n) is 7.49. The van der Waals surface area contributed by atoms with Gasteiger partial charge in [-0.25, -0.2) is 0 Å². The van der Waals surface area contributed by atoms with E-state index < -0.39 is 5.97 Å². The first kappa shape index (κ1) is 13.9. The number of hydrogen-bond acceptors (Lipinski definition) is 2. The fraction of sp³-hybridized carbons (Fsp3) is 0.933. The van der Waals surface area contributed by atoms with E-state index in [-0.39, 0.29) is 12.0 Å². The number of nitrogens with zero attached hydrogens (tertiary/aromatic N) is 1. The van der Waals surface area contributed by atoms with Crippen molar-refractivity contribution in [1.82, 2.24) is 4.90 Å². The Balaban J connectivity index is 2.13. The molecule has 1 heterocycles. The zero-order valence-electron chi connectivity index (χ0n) is 11.9. The van der Waals surface area contributed by atoms with E-state index in [1.54, 1.807) is 0 Å². The first-order valence-corrected chi connectivity index (χ1v) is 7.49. The van der Waals surface area contributed by atoms with Crippen molar-refractivity contribution in [1.29, 1.82) is 0 Å². The molecule has 0 bridgehead atoms. The smallest absolute Gasteiger partial charge is 0.308 e. The van der Waals surface area contributed by atoms with E-state index in [0.717, 1.165) is 25.8 Å². The van der Waals surface area contributed by atoms with Crippen molar-refractivity contribution in [3.05, 3.63) is 0 Å². The number of piperidine rings is 1. The molecule has 3 nitrogen and oxygen atoms in total. The molecule has 0 aromatic heterocycles. The summed E-state index contributed by atoms with van der Waals surface area (Å²) >= 11 is 0. The third-order valence-electron chi connectivity index (χ3n) is 5.24. The molecule has 18 heavy (non-hydrogen) atoms. The van der Waals surface area contributed by atoms with Gasteiger partial charge in [0.2, 0.25) is 0 Å². The van der Waals surface area contributed by atoms with Crippen molar-refractivity contribution in [2.24, 2.45) is 17.8 Å². The SMILES string of the molecule is CC1CCC(C(=O)O)C(N2CCCC(C)C2C)C1. The van der Waals surface area contributed by atoms with Gasteiger partial charge in [0.05, 0.1) is 5.92 Å². The van der Waals surface area contributed by atoms with Crippen LogP contribution in [0.25, 0.3) is 0 Å². The second-order valence-electron chi connectivity index (χ2n) is 6.53. The van der Waals surface area contributed by atoms with Crippen molar-refractivity contribution >= 4 is 5.97 Å². The number of carboxylic acids is 1. The molecule has 104 valence electrons. The molecule has 1 N–H and O–H groups in total. The number of likely N-dealkylation sites (tertiary alicyclic amines) is 1. The molecule has 1 saturated carbocycles. The third-order valence-corrected chi connectivity index (χ3v) is 5.24. The van der Waals surface area contributed by atoms with E-state index >= 15 is 0 Å². The van der Waals surface area contributed by atoms with Gasteiger partial charge in [0.25, 0.3) is 0 Å². The van der Waals surface area contributed by atoms with Crippen LogP contribution < -0.4 is 0 Å². The van der Waals surface area contributed by atoms with Crippen LogP contribution in [0.4, 0.5) is 0 Å². The summed E-state index contributed by atoms with van der Waals surface area (Å²) in [7, 11) is 0. The number of hydrogen-bond donors (Lipinski definition) is 1. The van der Waals surface area contributed by atoms with Crippen molar-refractivity contribution in [3.8, 4) is 0 Å². The number of rotatable bonds is 2. The van der Waals surface area contributed by atoms with E-state index in [1.807, 2.05) is 0 Å². The molecule has 2 aliphatic rings. The summed E-state index contributed by atoms with van der Waals surface area (Å²) in [6.07, 6.45) is 5.51. The summed E-state index contributed by atoms with van der Waals surface area (Å²) in [4.78, 5) is 14.0. The summed E-state index contributed by atoms with van der Waals surface area (Å²) in [6.45, 7) is 7.94. The highest BCUT2D eigenvalue weighted by Crippen LogP contribution is 2.36. The first-order chi connectivity index (χ1) is 8.50. The zero-order chi connectivity index (χ0) is 13.3. The summed E-state index contributed by atoms with van der Waals surface area (Å²) in [5.41, 5.74) is 0. The van der Waals surface area contributed by atoms with Crippen molar-refractivity contribution in [3.63, 3.8) is 0 Å². The lowest BCUT2D eigenvalue weighted by Gasteiger charge is -2.47.